The van der Waals surface area contributed by atoms with Gasteiger partial charge in [0.25, 0.3) is 0 Å². The average Bonchev–Trinajstić information content (AvgIpc) is 3.09. The second-order valence-corrected chi connectivity index (χ2v) is 7.10. The summed E-state index contributed by atoms with van der Waals surface area (Å²) in [5.74, 6) is 0.116. The Balaban J connectivity index is 1.41. The van der Waals surface area contributed by atoms with Gasteiger partial charge in [-0.05, 0) is 44.0 Å². The van der Waals surface area contributed by atoms with E-state index in [0.717, 1.165) is 26.2 Å². The molecule has 1 aromatic rings. The zero-order chi connectivity index (χ0) is 16.8. The fourth-order valence-electron chi connectivity index (χ4n) is 3.52. The predicted octanol–water partition coefficient (Wildman–Crippen LogP) is 1.19. The standard InChI is InChI=1S/C19H30N4O/c1-16-12-20-8-11-23(16)15-19(24)21-13-17-4-6-18(7-5-17)14-22-9-2-3-10-22/h4-7,16,20H,2-3,8-15H2,1H3,(H,21,24)/t16-/m0/s1. The predicted molar refractivity (Wildman–Crippen MR) is 96.7 cm³/mol. The SMILES string of the molecule is C[C@H]1CNCCN1CC(=O)NCc1ccc(CN2CCCC2)cc1. The van der Waals surface area contributed by atoms with Crippen LogP contribution in [0.4, 0.5) is 0 Å². The molecule has 2 aliphatic heterocycles. The lowest BCUT2D eigenvalue weighted by molar-refractivity contribution is -0.123. The lowest BCUT2D eigenvalue weighted by Crippen LogP contribution is -2.52. The van der Waals surface area contributed by atoms with Crippen molar-refractivity contribution in [2.45, 2.75) is 38.9 Å². The van der Waals surface area contributed by atoms with Crippen LogP contribution >= 0.6 is 0 Å². The molecule has 0 unspecified atom stereocenters. The summed E-state index contributed by atoms with van der Waals surface area (Å²) in [5.41, 5.74) is 2.53. The Labute approximate surface area is 145 Å². The Bertz CT molecular complexity index is 525. The summed E-state index contributed by atoms with van der Waals surface area (Å²) in [6.45, 7) is 9.65. The van der Waals surface area contributed by atoms with Gasteiger partial charge in [0.2, 0.25) is 5.91 Å². The smallest absolute Gasteiger partial charge is 0.234 e. The first kappa shape index (κ1) is 17.4. The Morgan fingerprint density at radius 2 is 1.88 bits per heavy atom. The van der Waals surface area contributed by atoms with Crippen LogP contribution in [0.1, 0.15) is 30.9 Å². The van der Waals surface area contributed by atoms with Crippen LogP contribution < -0.4 is 10.6 Å². The molecule has 0 spiro atoms. The van der Waals surface area contributed by atoms with Crippen LogP contribution in [-0.4, -0.2) is 61.0 Å². The molecule has 3 rings (SSSR count). The summed E-state index contributed by atoms with van der Waals surface area (Å²) in [6.07, 6.45) is 2.66. The first-order valence-corrected chi connectivity index (χ1v) is 9.22. The number of nitrogens with one attached hydrogen (secondary N) is 2. The minimum atomic E-state index is 0.116. The molecule has 0 aromatic heterocycles. The van der Waals surface area contributed by atoms with E-state index >= 15 is 0 Å². The topological polar surface area (TPSA) is 47.6 Å². The number of amides is 1. The van der Waals surface area contributed by atoms with Gasteiger partial charge in [-0.3, -0.25) is 14.6 Å². The van der Waals surface area contributed by atoms with E-state index in [1.807, 2.05) is 0 Å². The summed E-state index contributed by atoms with van der Waals surface area (Å²) in [7, 11) is 0. The van der Waals surface area contributed by atoms with Crippen molar-refractivity contribution in [3.05, 3.63) is 35.4 Å². The molecule has 1 atom stereocenters. The highest BCUT2D eigenvalue weighted by atomic mass is 16.2. The summed E-state index contributed by atoms with van der Waals surface area (Å²) in [4.78, 5) is 16.9. The Hall–Kier alpha value is -1.43. The third-order valence-electron chi connectivity index (χ3n) is 5.10. The molecule has 2 aliphatic rings. The van der Waals surface area contributed by atoms with E-state index in [2.05, 4.69) is 51.6 Å². The molecular formula is C19H30N4O. The van der Waals surface area contributed by atoms with Gasteiger partial charge in [-0.25, -0.2) is 0 Å². The molecule has 2 fully saturated rings. The van der Waals surface area contributed by atoms with Crippen molar-refractivity contribution in [3.63, 3.8) is 0 Å². The van der Waals surface area contributed by atoms with Crippen LogP contribution in [0.15, 0.2) is 24.3 Å². The van der Waals surface area contributed by atoms with Crippen molar-refractivity contribution >= 4 is 5.91 Å². The van der Waals surface area contributed by atoms with Crippen LogP contribution in [0.2, 0.25) is 0 Å². The third-order valence-corrected chi connectivity index (χ3v) is 5.10. The van der Waals surface area contributed by atoms with E-state index in [9.17, 15) is 4.79 Å². The Morgan fingerprint density at radius 3 is 2.58 bits per heavy atom. The van der Waals surface area contributed by atoms with Crippen LogP contribution in [-0.2, 0) is 17.9 Å². The molecule has 0 bridgehead atoms. The van der Waals surface area contributed by atoms with E-state index in [0.29, 0.717) is 19.1 Å². The largest absolute Gasteiger partial charge is 0.351 e. The van der Waals surface area contributed by atoms with Crippen LogP contribution in [0.3, 0.4) is 0 Å². The number of piperazine rings is 1. The quantitative estimate of drug-likeness (QED) is 0.823. The molecule has 0 radical (unpaired) electrons. The molecule has 1 aromatic carbocycles. The summed E-state index contributed by atoms with van der Waals surface area (Å²) in [6, 6.07) is 9.09. The number of benzene rings is 1. The number of nitrogens with zero attached hydrogens (tertiary/aromatic N) is 2. The highest BCUT2D eigenvalue weighted by Crippen LogP contribution is 2.13. The van der Waals surface area contributed by atoms with Gasteiger partial charge in [-0.1, -0.05) is 24.3 Å². The molecular weight excluding hydrogens is 300 g/mol. The van der Waals surface area contributed by atoms with Crippen molar-refractivity contribution in [3.8, 4) is 0 Å². The van der Waals surface area contributed by atoms with Crippen LogP contribution in [0.5, 0.6) is 0 Å². The first-order chi connectivity index (χ1) is 11.7. The summed E-state index contributed by atoms with van der Waals surface area (Å²) in [5, 5.41) is 6.40. The summed E-state index contributed by atoms with van der Waals surface area (Å²) >= 11 is 0. The number of hydrogen-bond acceptors (Lipinski definition) is 4. The average molecular weight is 330 g/mol. The second-order valence-electron chi connectivity index (χ2n) is 7.10. The lowest BCUT2D eigenvalue weighted by atomic mass is 10.1. The maximum absolute atomic E-state index is 12.1. The van der Waals surface area contributed by atoms with Gasteiger partial charge in [-0.15, -0.1) is 0 Å². The zero-order valence-corrected chi connectivity index (χ0v) is 14.8. The lowest BCUT2D eigenvalue weighted by Gasteiger charge is -2.33. The fourth-order valence-corrected chi connectivity index (χ4v) is 3.52. The van der Waals surface area contributed by atoms with Crippen LogP contribution in [0.25, 0.3) is 0 Å². The van der Waals surface area contributed by atoms with E-state index < -0.39 is 0 Å². The monoisotopic (exact) mass is 330 g/mol. The zero-order valence-electron chi connectivity index (χ0n) is 14.8. The fraction of sp³-hybridized carbons (Fsp3) is 0.632. The second kappa shape index (κ2) is 8.60. The number of carbonyl (C=O) groups is 1. The van der Waals surface area contributed by atoms with E-state index in [1.165, 1.54) is 37.1 Å². The Morgan fingerprint density at radius 1 is 1.17 bits per heavy atom. The molecule has 1 amide bonds. The molecule has 2 N–H and O–H groups in total. The van der Waals surface area contributed by atoms with Crippen molar-refractivity contribution in [1.82, 2.24) is 20.4 Å². The van der Waals surface area contributed by atoms with Gasteiger partial charge in [0.15, 0.2) is 0 Å². The molecule has 24 heavy (non-hydrogen) atoms. The molecule has 0 aliphatic carbocycles. The highest BCUT2D eigenvalue weighted by molar-refractivity contribution is 5.78. The van der Waals surface area contributed by atoms with Gasteiger partial charge < -0.3 is 10.6 Å². The number of hydrogen-bond donors (Lipinski definition) is 2. The highest BCUT2D eigenvalue weighted by Gasteiger charge is 2.19. The molecule has 0 saturated carbocycles. The maximum Gasteiger partial charge on any atom is 0.234 e. The van der Waals surface area contributed by atoms with E-state index in [-0.39, 0.29) is 5.91 Å². The van der Waals surface area contributed by atoms with Crippen molar-refractivity contribution in [2.24, 2.45) is 0 Å². The van der Waals surface area contributed by atoms with Crippen LogP contribution in [0, 0.1) is 0 Å². The number of carbonyl (C=O) groups excluding carboxylic acids is 1. The normalized spacial score (nSPS) is 22.6. The summed E-state index contributed by atoms with van der Waals surface area (Å²) < 4.78 is 0. The van der Waals surface area contributed by atoms with E-state index in [4.69, 9.17) is 0 Å². The van der Waals surface area contributed by atoms with Gasteiger partial charge >= 0.3 is 0 Å². The number of likely N-dealkylation sites (tertiary alicyclic amines) is 1. The molecule has 5 heteroatoms. The Kier molecular flexibility index (Phi) is 6.24. The molecule has 2 saturated heterocycles. The minimum absolute atomic E-state index is 0.116. The molecule has 2 heterocycles. The van der Waals surface area contributed by atoms with Crippen molar-refractivity contribution < 1.29 is 4.79 Å². The number of rotatable bonds is 6. The first-order valence-electron chi connectivity index (χ1n) is 9.22. The van der Waals surface area contributed by atoms with Gasteiger partial charge in [0.05, 0.1) is 6.54 Å². The molecule has 132 valence electrons. The minimum Gasteiger partial charge on any atom is -0.351 e. The van der Waals surface area contributed by atoms with E-state index in [1.54, 1.807) is 0 Å². The maximum atomic E-state index is 12.1. The molecule has 5 nitrogen and oxygen atoms in total. The third kappa shape index (κ3) is 5.03. The van der Waals surface area contributed by atoms with Crippen molar-refractivity contribution in [2.75, 3.05) is 39.3 Å². The van der Waals surface area contributed by atoms with Gasteiger partial charge in [-0.2, -0.15) is 0 Å². The van der Waals surface area contributed by atoms with Gasteiger partial charge in [0.1, 0.15) is 0 Å². The van der Waals surface area contributed by atoms with Gasteiger partial charge in [0, 0.05) is 38.8 Å². The van der Waals surface area contributed by atoms with Crippen molar-refractivity contribution in [1.29, 1.82) is 0 Å².